The van der Waals surface area contributed by atoms with Gasteiger partial charge in [-0.25, -0.2) is 4.79 Å². The van der Waals surface area contributed by atoms with E-state index in [4.69, 9.17) is 18.6 Å². The quantitative estimate of drug-likeness (QED) is 0.200. The van der Waals surface area contributed by atoms with Gasteiger partial charge in [0.05, 0.1) is 18.8 Å². The minimum absolute atomic E-state index is 0.114. The number of rotatable bonds is 10. The lowest BCUT2D eigenvalue weighted by atomic mass is 9.99. The molecule has 8 heteroatoms. The molecule has 0 spiro atoms. The summed E-state index contributed by atoms with van der Waals surface area (Å²) in [6.45, 7) is 12.9. The second-order valence-corrected chi connectivity index (χ2v) is 17.9. The van der Waals surface area contributed by atoms with Crippen molar-refractivity contribution in [2.75, 3.05) is 6.61 Å². The first-order valence-corrected chi connectivity index (χ1v) is 17.9. The van der Waals surface area contributed by atoms with Crippen LogP contribution in [0.1, 0.15) is 42.3 Å². The maximum Gasteiger partial charge on any atom is 0.338 e. The molecule has 1 aliphatic rings. The lowest BCUT2D eigenvalue weighted by molar-refractivity contribution is -0.220. The first kappa shape index (κ1) is 31.5. The van der Waals surface area contributed by atoms with E-state index in [2.05, 4.69) is 33.9 Å². The van der Waals surface area contributed by atoms with Gasteiger partial charge in [0.1, 0.15) is 23.7 Å². The molecule has 1 aliphatic heterocycles. The summed E-state index contributed by atoms with van der Waals surface area (Å²) in [5.74, 6) is -0.457. The number of ether oxygens (including phenoxy) is 3. The van der Waals surface area contributed by atoms with E-state index in [9.17, 15) is 9.90 Å². The minimum atomic E-state index is -2.40. The van der Waals surface area contributed by atoms with Gasteiger partial charge in [0.25, 0.3) is 0 Å². The third-order valence-corrected chi connectivity index (χ3v) is 13.4. The Labute approximate surface area is 249 Å². The lowest BCUT2D eigenvalue weighted by Crippen LogP contribution is -2.63. The van der Waals surface area contributed by atoms with E-state index in [0.29, 0.717) is 12.2 Å². The van der Waals surface area contributed by atoms with Crippen molar-refractivity contribution in [1.82, 2.24) is 0 Å². The van der Waals surface area contributed by atoms with Gasteiger partial charge in [0.2, 0.25) is 0 Å². The number of hydrogen-bond donors (Lipinski definition) is 1. The summed E-state index contributed by atoms with van der Waals surface area (Å²) < 4.78 is 26.3. The Bertz CT molecular complexity index is 1250. The van der Waals surface area contributed by atoms with Gasteiger partial charge in [-0.2, -0.15) is 0 Å². The van der Waals surface area contributed by atoms with E-state index in [0.717, 1.165) is 16.0 Å². The largest absolute Gasteiger partial charge is 0.452 e. The molecule has 6 nitrogen and oxygen atoms in total. The predicted molar refractivity (Wildman–Crippen MR) is 166 cm³/mol. The Morgan fingerprint density at radius 2 is 1.51 bits per heavy atom. The molecule has 5 atom stereocenters. The molecule has 3 aromatic carbocycles. The van der Waals surface area contributed by atoms with Crippen molar-refractivity contribution in [3.63, 3.8) is 0 Å². The molecule has 41 heavy (non-hydrogen) atoms. The normalized spacial score (nSPS) is 23.2. The minimum Gasteiger partial charge on any atom is -0.452 e. The van der Waals surface area contributed by atoms with Crippen molar-refractivity contribution in [2.24, 2.45) is 0 Å². The molecule has 220 valence electrons. The van der Waals surface area contributed by atoms with Crippen LogP contribution in [0.25, 0.3) is 0 Å². The fraction of sp³-hybridized carbons (Fsp3) is 0.424. The highest BCUT2D eigenvalue weighted by molar-refractivity contribution is 7.99. The number of aliphatic hydroxyl groups is 1. The molecular weight excluding hydrogens is 553 g/mol. The van der Waals surface area contributed by atoms with E-state index >= 15 is 0 Å². The summed E-state index contributed by atoms with van der Waals surface area (Å²) in [5, 5.41) is 10.4. The predicted octanol–water partition coefficient (Wildman–Crippen LogP) is 7.01. The number of thioether (sulfide) groups is 1. The second kappa shape index (κ2) is 13.7. The van der Waals surface area contributed by atoms with Crippen LogP contribution in [0.3, 0.4) is 0 Å². The van der Waals surface area contributed by atoms with Crippen molar-refractivity contribution in [2.45, 2.75) is 87.2 Å². The van der Waals surface area contributed by atoms with Gasteiger partial charge in [0.15, 0.2) is 14.4 Å². The molecule has 0 aliphatic carbocycles. The van der Waals surface area contributed by atoms with E-state index in [-0.39, 0.29) is 11.6 Å². The van der Waals surface area contributed by atoms with Crippen molar-refractivity contribution < 1.29 is 28.5 Å². The van der Waals surface area contributed by atoms with Gasteiger partial charge in [-0.05, 0) is 54.9 Å². The molecule has 1 heterocycles. The van der Waals surface area contributed by atoms with Gasteiger partial charge < -0.3 is 23.7 Å². The van der Waals surface area contributed by atoms with Crippen LogP contribution in [0.5, 0.6) is 0 Å². The average molecular weight is 595 g/mol. The zero-order chi connectivity index (χ0) is 29.6. The van der Waals surface area contributed by atoms with Gasteiger partial charge in [-0.3, -0.25) is 0 Å². The SMILES string of the molecule is Cc1ccc(S[C@@H]2O[C@H](CO)[C@H](OCc3ccccc3)[C@H](O[Si](C)(C)C(C)(C)C)[C@H]2OC(=O)c2ccccc2)cc1. The Morgan fingerprint density at radius 1 is 0.902 bits per heavy atom. The first-order chi connectivity index (χ1) is 19.5. The van der Waals surface area contributed by atoms with E-state index in [1.807, 2.05) is 79.7 Å². The maximum absolute atomic E-state index is 13.5. The molecular formula is C33H42O6SSi. The molecule has 0 bridgehead atoms. The third kappa shape index (κ3) is 8.09. The van der Waals surface area contributed by atoms with Crippen LogP contribution in [0.15, 0.2) is 89.8 Å². The molecule has 0 unspecified atom stereocenters. The van der Waals surface area contributed by atoms with E-state index in [1.54, 1.807) is 12.1 Å². The van der Waals surface area contributed by atoms with Gasteiger partial charge in [-0.1, -0.05) is 98.8 Å². The van der Waals surface area contributed by atoms with Gasteiger partial charge in [0, 0.05) is 4.90 Å². The van der Waals surface area contributed by atoms with E-state index < -0.39 is 44.1 Å². The van der Waals surface area contributed by atoms with Crippen LogP contribution in [0.4, 0.5) is 0 Å². The number of benzene rings is 3. The van der Waals surface area contributed by atoms with Gasteiger partial charge >= 0.3 is 5.97 Å². The molecule has 0 aromatic heterocycles. The third-order valence-electron chi connectivity index (χ3n) is 7.82. The zero-order valence-electron chi connectivity index (χ0n) is 24.8. The van der Waals surface area contributed by atoms with Crippen LogP contribution < -0.4 is 0 Å². The highest BCUT2D eigenvalue weighted by Gasteiger charge is 2.53. The summed E-state index contributed by atoms with van der Waals surface area (Å²) in [6, 6.07) is 26.9. The highest BCUT2D eigenvalue weighted by atomic mass is 32.2. The van der Waals surface area contributed by atoms with Crippen LogP contribution in [0, 0.1) is 6.92 Å². The topological polar surface area (TPSA) is 74.2 Å². The first-order valence-electron chi connectivity index (χ1n) is 14.1. The average Bonchev–Trinajstić information content (AvgIpc) is 2.95. The number of aryl methyl sites for hydroxylation is 1. The fourth-order valence-corrected chi connectivity index (χ4v) is 6.79. The van der Waals surface area contributed by atoms with Crippen molar-refractivity contribution >= 4 is 26.0 Å². The molecule has 0 amide bonds. The monoisotopic (exact) mass is 594 g/mol. The maximum atomic E-state index is 13.5. The summed E-state index contributed by atoms with van der Waals surface area (Å²) in [5.41, 5.74) is 1.95. The fourth-order valence-electron chi connectivity index (χ4n) is 4.38. The molecule has 1 fully saturated rings. The van der Waals surface area contributed by atoms with Crippen LogP contribution >= 0.6 is 11.8 Å². The van der Waals surface area contributed by atoms with Crippen LogP contribution in [-0.2, 0) is 25.2 Å². The Balaban J connectivity index is 1.74. The van der Waals surface area contributed by atoms with Crippen LogP contribution in [-0.4, -0.2) is 55.9 Å². The number of esters is 1. The number of hydrogen-bond acceptors (Lipinski definition) is 7. The number of aliphatic hydroxyl groups excluding tert-OH is 1. The standard InChI is InChI=1S/C33H42O6SSi/c1-23-17-19-26(20-18-23)40-32-30(38-31(35)25-15-11-8-12-16-25)29(39-41(5,6)33(2,3)4)28(27(21-34)37-32)36-22-24-13-9-7-10-14-24/h7-20,27-30,32,34H,21-22H2,1-6H3/t27-,28+,29+,30-,32+/m1/s1. The zero-order valence-corrected chi connectivity index (χ0v) is 26.6. The number of carbonyl (C=O) groups is 1. The second-order valence-electron chi connectivity index (χ2n) is 12.0. The van der Waals surface area contributed by atoms with E-state index in [1.165, 1.54) is 11.8 Å². The van der Waals surface area contributed by atoms with Crippen molar-refractivity contribution in [3.05, 3.63) is 102 Å². The smallest absolute Gasteiger partial charge is 0.338 e. The van der Waals surface area contributed by atoms with Crippen molar-refractivity contribution in [3.8, 4) is 0 Å². The van der Waals surface area contributed by atoms with Crippen LogP contribution in [0.2, 0.25) is 18.1 Å². The molecule has 4 rings (SSSR count). The summed E-state index contributed by atoms with van der Waals surface area (Å²) >= 11 is 1.46. The van der Waals surface area contributed by atoms with Gasteiger partial charge in [-0.15, -0.1) is 0 Å². The lowest BCUT2D eigenvalue weighted by Gasteiger charge is -2.49. The Hall–Kier alpha value is -2.46. The molecule has 0 radical (unpaired) electrons. The summed E-state index contributed by atoms with van der Waals surface area (Å²) in [7, 11) is -2.40. The Kier molecular flexibility index (Phi) is 10.5. The molecule has 1 saturated heterocycles. The number of carbonyl (C=O) groups excluding carboxylic acids is 1. The molecule has 0 saturated carbocycles. The summed E-state index contributed by atoms with van der Waals surface area (Å²) in [4.78, 5) is 14.4. The Morgan fingerprint density at radius 3 is 2.10 bits per heavy atom. The van der Waals surface area contributed by atoms with Crippen molar-refractivity contribution in [1.29, 1.82) is 0 Å². The molecule has 1 N–H and O–H groups in total. The molecule has 3 aromatic rings. The highest BCUT2D eigenvalue weighted by Crippen LogP contribution is 2.43. The summed E-state index contributed by atoms with van der Waals surface area (Å²) in [6.07, 6.45) is -2.81.